The fourth-order valence-electron chi connectivity index (χ4n) is 3.44. The number of nitrogens with one attached hydrogen (secondary N) is 1. The van der Waals surface area contributed by atoms with E-state index in [0.29, 0.717) is 24.4 Å². The van der Waals surface area contributed by atoms with Crippen LogP contribution in [0.2, 0.25) is 0 Å². The lowest BCUT2D eigenvalue weighted by atomic mass is 10.1. The first-order chi connectivity index (χ1) is 15.2. The van der Waals surface area contributed by atoms with Gasteiger partial charge in [-0.15, -0.1) is 0 Å². The van der Waals surface area contributed by atoms with Crippen molar-refractivity contribution in [1.82, 2.24) is 18.3 Å². The van der Waals surface area contributed by atoms with Crippen molar-refractivity contribution >= 4 is 46.1 Å². The van der Waals surface area contributed by atoms with Crippen LogP contribution in [0.25, 0.3) is 22.3 Å². The Labute approximate surface area is 186 Å². The van der Waals surface area contributed by atoms with Gasteiger partial charge in [0.05, 0.1) is 35.1 Å². The molecule has 5 rings (SSSR count). The molecule has 0 aliphatic carbocycles. The summed E-state index contributed by atoms with van der Waals surface area (Å²) in [7, 11) is 0. The zero-order valence-electron chi connectivity index (χ0n) is 16.7. The summed E-state index contributed by atoms with van der Waals surface area (Å²) in [6, 6.07) is 11.5. The van der Waals surface area contributed by atoms with Gasteiger partial charge in [0.1, 0.15) is 24.2 Å². The van der Waals surface area contributed by atoms with E-state index in [1.165, 1.54) is 11.8 Å². The molecule has 0 fully saturated rings. The largest absolute Gasteiger partial charge is 0.486 e. The normalized spacial score (nSPS) is 12.8. The number of ether oxygens (including phenoxy) is 2. The number of fused-ring (bicyclic) bond motifs is 2. The third-order valence-corrected chi connectivity index (χ3v) is 6.40. The Balaban J connectivity index is 1.31. The number of anilines is 1. The highest BCUT2D eigenvalue weighted by atomic mass is 32.2. The summed E-state index contributed by atoms with van der Waals surface area (Å²) in [6.07, 6.45) is 1.83. The Kier molecular flexibility index (Phi) is 5.47. The summed E-state index contributed by atoms with van der Waals surface area (Å²) in [5, 5.41) is 3.72. The molecule has 1 amide bonds. The van der Waals surface area contributed by atoms with Gasteiger partial charge >= 0.3 is 0 Å². The predicted octanol–water partition coefficient (Wildman–Crippen LogP) is 4.08. The van der Waals surface area contributed by atoms with Crippen molar-refractivity contribution < 1.29 is 14.3 Å². The van der Waals surface area contributed by atoms with Gasteiger partial charge in [0.25, 0.3) is 0 Å². The average molecular weight is 454 g/mol. The lowest BCUT2D eigenvalue weighted by Crippen LogP contribution is -2.15. The number of aromatic nitrogens is 4. The minimum absolute atomic E-state index is 0.114. The van der Waals surface area contributed by atoms with Crippen LogP contribution in [-0.2, 0) is 11.3 Å². The van der Waals surface area contributed by atoms with Gasteiger partial charge in [-0.25, -0.2) is 4.98 Å². The molecule has 8 nitrogen and oxygen atoms in total. The molecule has 1 aliphatic rings. The Morgan fingerprint density at radius 1 is 1.19 bits per heavy atom. The van der Waals surface area contributed by atoms with E-state index in [1.54, 1.807) is 0 Å². The van der Waals surface area contributed by atoms with Crippen LogP contribution in [0.4, 0.5) is 5.69 Å². The smallest absolute Gasteiger partial charge is 0.234 e. The number of carbonyl (C=O) groups is 1. The maximum Gasteiger partial charge on any atom is 0.234 e. The summed E-state index contributed by atoms with van der Waals surface area (Å²) in [5.74, 6) is 1.63. The highest BCUT2D eigenvalue weighted by Gasteiger charge is 2.17. The van der Waals surface area contributed by atoms with Crippen LogP contribution in [0, 0.1) is 0 Å². The molecule has 0 saturated heterocycles. The minimum atomic E-state index is -0.114. The molecular weight excluding hydrogens is 434 g/mol. The highest BCUT2D eigenvalue weighted by Crippen LogP contribution is 2.35. The molecule has 0 bridgehead atoms. The first kappa shape index (κ1) is 19.8. The van der Waals surface area contributed by atoms with E-state index < -0.39 is 0 Å². The molecule has 2 aromatic carbocycles. The predicted molar refractivity (Wildman–Crippen MR) is 121 cm³/mol. The van der Waals surface area contributed by atoms with Crippen LogP contribution in [-0.4, -0.2) is 43.2 Å². The van der Waals surface area contributed by atoms with E-state index in [4.69, 9.17) is 9.47 Å². The van der Waals surface area contributed by atoms with Gasteiger partial charge in [-0.05, 0) is 37.3 Å². The van der Waals surface area contributed by atoms with Crippen molar-refractivity contribution in [1.29, 1.82) is 0 Å². The van der Waals surface area contributed by atoms with Crippen LogP contribution in [0.15, 0.2) is 47.8 Å². The number of hydrogen-bond donors (Lipinski definition) is 1. The molecule has 1 aliphatic heterocycles. The number of carbonyl (C=O) groups excluding carboxylic acids is 1. The van der Waals surface area contributed by atoms with Crippen molar-refractivity contribution in [3.8, 4) is 22.8 Å². The summed E-state index contributed by atoms with van der Waals surface area (Å²) in [6.45, 7) is 3.90. The summed E-state index contributed by atoms with van der Waals surface area (Å²) >= 11 is 2.53. The number of hydrogen-bond acceptors (Lipinski definition) is 8. The van der Waals surface area contributed by atoms with Gasteiger partial charge in [-0.1, -0.05) is 17.8 Å². The van der Waals surface area contributed by atoms with Crippen LogP contribution < -0.4 is 14.8 Å². The van der Waals surface area contributed by atoms with Crippen molar-refractivity contribution in [2.24, 2.45) is 0 Å². The third-order valence-electron chi connectivity index (χ3n) is 4.87. The van der Waals surface area contributed by atoms with E-state index in [0.717, 1.165) is 51.7 Å². The SMILES string of the molecule is CCn1c(-c2ccc3c(c2)OCCO3)cnc1SCC(=O)Nc1cccc2nsnc12. The number of thioether (sulfide) groups is 1. The molecular formula is C21H19N5O3S2. The molecule has 158 valence electrons. The number of rotatable bonds is 6. The van der Waals surface area contributed by atoms with E-state index in [9.17, 15) is 4.79 Å². The summed E-state index contributed by atoms with van der Waals surface area (Å²) in [5.41, 5.74) is 4.13. The van der Waals surface area contributed by atoms with E-state index in [-0.39, 0.29) is 11.7 Å². The second kappa shape index (κ2) is 8.56. The van der Waals surface area contributed by atoms with Crippen molar-refractivity contribution in [2.45, 2.75) is 18.6 Å². The van der Waals surface area contributed by atoms with E-state index >= 15 is 0 Å². The Morgan fingerprint density at radius 3 is 2.94 bits per heavy atom. The summed E-state index contributed by atoms with van der Waals surface area (Å²) in [4.78, 5) is 17.1. The van der Waals surface area contributed by atoms with Crippen LogP contribution in [0.1, 0.15) is 6.92 Å². The molecule has 1 N–H and O–H groups in total. The van der Waals surface area contributed by atoms with Gasteiger partial charge in [0.15, 0.2) is 16.7 Å². The average Bonchev–Trinajstić information content (AvgIpc) is 3.44. The van der Waals surface area contributed by atoms with Gasteiger partial charge in [0.2, 0.25) is 5.91 Å². The first-order valence-corrected chi connectivity index (χ1v) is 11.5. The number of amides is 1. The zero-order valence-corrected chi connectivity index (χ0v) is 18.3. The maximum absolute atomic E-state index is 12.5. The van der Waals surface area contributed by atoms with Crippen LogP contribution in [0.5, 0.6) is 11.5 Å². The lowest BCUT2D eigenvalue weighted by molar-refractivity contribution is -0.113. The van der Waals surface area contributed by atoms with Gasteiger partial charge < -0.3 is 19.4 Å². The van der Waals surface area contributed by atoms with Gasteiger partial charge in [-0.3, -0.25) is 4.79 Å². The highest BCUT2D eigenvalue weighted by molar-refractivity contribution is 7.99. The molecule has 3 heterocycles. The number of nitrogens with zero attached hydrogens (tertiary/aromatic N) is 4. The second-order valence-corrected chi connectivity index (χ2v) is 8.27. The van der Waals surface area contributed by atoms with Crippen molar-refractivity contribution in [2.75, 3.05) is 24.3 Å². The molecule has 0 atom stereocenters. The summed E-state index contributed by atoms with van der Waals surface area (Å²) < 4.78 is 21.9. The standard InChI is InChI=1S/C21H19N5O3S2/c1-2-26-16(13-6-7-17-18(10-13)29-9-8-28-17)11-22-21(26)30-12-19(27)23-14-4-3-5-15-20(14)25-31-24-15/h3-7,10-11H,2,8-9,12H2,1H3,(H,23,27). The maximum atomic E-state index is 12.5. The lowest BCUT2D eigenvalue weighted by Gasteiger charge is -2.19. The minimum Gasteiger partial charge on any atom is -0.486 e. The second-order valence-electron chi connectivity index (χ2n) is 6.80. The van der Waals surface area contributed by atoms with Crippen molar-refractivity contribution in [3.63, 3.8) is 0 Å². The molecule has 0 saturated carbocycles. The van der Waals surface area contributed by atoms with E-state index in [2.05, 4.69) is 30.5 Å². The van der Waals surface area contributed by atoms with Crippen molar-refractivity contribution in [3.05, 3.63) is 42.6 Å². The van der Waals surface area contributed by atoms with Gasteiger partial charge in [0, 0.05) is 12.1 Å². The molecule has 0 radical (unpaired) electrons. The Morgan fingerprint density at radius 2 is 2.06 bits per heavy atom. The van der Waals surface area contributed by atoms with Crippen LogP contribution in [0.3, 0.4) is 0 Å². The number of imidazole rings is 1. The van der Waals surface area contributed by atoms with E-state index in [1.807, 2.05) is 42.6 Å². The molecule has 0 unspecified atom stereocenters. The zero-order chi connectivity index (χ0) is 21.2. The molecule has 0 spiro atoms. The Bertz CT molecular complexity index is 1250. The third kappa shape index (κ3) is 3.96. The molecule has 10 heteroatoms. The molecule has 2 aromatic heterocycles. The monoisotopic (exact) mass is 453 g/mol. The van der Waals surface area contributed by atoms with Gasteiger partial charge in [-0.2, -0.15) is 8.75 Å². The topological polar surface area (TPSA) is 91.2 Å². The Hall–Kier alpha value is -3.11. The molecule has 4 aromatic rings. The molecule has 31 heavy (non-hydrogen) atoms. The number of benzene rings is 2. The first-order valence-electron chi connectivity index (χ1n) is 9.82. The fourth-order valence-corrected chi connectivity index (χ4v) is 4.83. The van der Waals surface area contributed by atoms with Crippen LogP contribution >= 0.6 is 23.5 Å². The fraction of sp³-hybridized carbons (Fsp3) is 0.238. The quantitative estimate of drug-likeness (QED) is 0.440.